The van der Waals surface area contributed by atoms with Crippen molar-refractivity contribution in [3.05, 3.63) is 12.7 Å². The van der Waals surface area contributed by atoms with Crippen LogP contribution in [0.4, 0.5) is 5.82 Å². The van der Waals surface area contributed by atoms with Gasteiger partial charge in [-0.3, -0.25) is 13.9 Å². The molecule has 0 spiro atoms. The van der Waals surface area contributed by atoms with E-state index in [2.05, 4.69) is 24.0 Å². The van der Waals surface area contributed by atoms with Crippen LogP contribution in [0.5, 0.6) is 0 Å². The van der Waals surface area contributed by atoms with Gasteiger partial charge in [0.1, 0.15) is 30.2 Å². The molecule has 14 nitrogen and oxygen atoms in total. The number of nitrogens with two attached hydrogens (primary N) is 2. The van der Waals surface area contributed by atoms with Gasteiger partial charge in [-0.15, -0.1) is 0 Å². The second-order valence-electron chi connectivity index (χ2n) is 5.54. The molecule has 0 bridgehead atoms. The number of phosphoric ester groups is 1. The van der Waals surface area contributed by atoms with Gasteiger partial charge in [-0.1, -0.05) is 0 Å². The number of hydrogen-bond acceptors (Lipinski definition) is 13. The third kappa shape index (κ3) is 3.91. The van der Waals surface area contributed by atoms with Gasteiger partial charge in [0.25, 0.3) is 0 Å². The Balaban J connectivity index is 1.73. The zero-order valence-corrected chi connectivity index (χ0v) is 14.5. The van der Waals surface area contributed by atoms with Gasteiger partial charge in [-0.25, -0.2) is 15.0 Å². The molecule has 1 aliphatic heterocycles. The molecular formula is C12H16N6O8P-. The first-order chi connectivity index (χ1) is 12.7. The van der Waals surface area contributed by atoms with E-state index in [9.17, 15) is 24.5 Å². The Morgan fingerprint density at radius 2 is 2.11 bits per heavy atom. The number of aliphatic hydroxyl groups excluding tert-OH is 2. The molecule has 1 saturated heterocycles. The number of aromatic nitrogens is 4. The first-order valence-electron chi connectivity index (χ1n) is 7.56. The monoisotopic (exact) mass is 403 g/mol. The first kappa shape index (κ1) is 19.6. The van der Waals surface area contributed by atoms with E-state index in [1.54, 1.807) is 0 Å². The minimum absolute atomic E-state index is 0.112. The average molecular weight is 403 g/mol. The second kappa shape index (κ2) is 7.44. The third-order valence-electron chi connectivity index (χ3n) is 3.78. The molecule has 1 aliphatic rings. The molecule has 15 heteroatoms. The molecule has 1 fully saturated rings. The summed E-state index contributed by atoms with van der Waals surface area (Å²) in [5, 5.41) is 20.4. The van der Waals surface area contributed by atoms with Crippen molar-refractivity contribution < 1.29 is 38.3 Å². The van der Waals surface area contributed by atoms with E-state index < -0.39 is 51.5 Å². The van der Waals surface area contributed by atoms with Crippen molar-refractivity contribution in [2.75, 3.05) is 18.9 Å². The van der Waals surface area contributed by atoms with Crippen molar-refractivity contribution in [2.24, 2.45) is 5.73 Å². The summed E-state index contributed by atoms with van der Waals surface area (Å²) in [7, 11) is -5.00. The van der Waals surface area contributed by atoms with Crippen LogP contribution in [0.1, 0.15) is 6.23 Å². The maximum atomic E-state index is 11.5. The number of carbonyl (C=O) groups excluding carboxylic acids is 1. The summed E-state index contributed by atoms with van der Waals surface area (Å²) in [6.07, 6.45) is -2.89. The summed E-state index contributed by atoms with van der Waals surface area (Å²) in [5.74, 6) is -1.10. The lowest BCUT2D eigenvalue weighted by Gasteiger charge is -2.24. The molecule has 27 heavy (non-hydrogen) atoms. The highest BCUT2D eigenvalue weighted by atomic mass is 31.2. The van der Waals surface area contributed by atoms with Crippen LogP contribution in [0, 0.1) is 0 Å². The number of anilines is 1. The van der Waals surface area contributed by atoms with Gasteiger partial charge in [-0.05, 0) is 0 Å². The highest BCUT2D eigenvalue weighted by Crippen LogP contribution is 2.40. The highest BCUT2D eigenvalue weighted by molar-refractivity contribution is 7.46. The SMILES string of the molecule is NCC(=O)OP(=O)([O-])OC[C@H]1O[C@@H](n2cnc3c(N)ncnc32)[C@H](O)[C@@H]1O. The number of hydrogen-bond donors (Lipinski definition) is 4. The Kier molecular flexibility index (Phi) is 5.39. The van der Waals surface area contributed by atoms with E-state index >= 15 is 0 Å². The van der Waals surface area contributed by atoms with Crippen LogP contribution in [-0.4, -0.2) is 67.2 Å². The van der Waals surface area contributed by atoms with Crippen LogP contribution in [0.3, 0.4) is 0 Å². The molecule has 5 atom stereocenters. The van der Waals surface area contributed by atoms with Crippen LogP contribution in [-0.2, 0) is 23.1 Å². The number of nitrogen functional groups attached to an aromatic ring is 1. The van der Waals surface area contributed by atoms with Crippen molar-refractivity contribution in [2.45, 2.75) is 24.5 Å². The standard InChI is InChI=1S/C12H17N6O8P/c13-1-6(19)26-27(22,23)24-2-5-8(20)9(21)12(25-5)18-4-17-7-10(14)15-3-16-11(7)18/h3-5,8-9,12,20-21H,1-2,13H2,(H,22,23)(H2,14,15,16)/p-1/t5-,8-,9-,12-/m1/s1. The van der Waals surface area contributed by atoms with Crippen molar-refractivity contribution in [1.29, 1.82) is 0 Å². The fourth-order valence-electron chi connectivity index (χ4n) is 2.51. The summed E-state index contributed by atoms with van der Waals surface area (Å²) < 4.78 is 26.9. The van der Waals surface area contributed by atoms with E-state index in [0.717, 1.165) is 0 Å². The maximum Gasteiger partial charge on any atom is 0.325 e. The van der Waals surface area contributed by atoms with Crippen LogP contribution < -0.4 is 16.4 Å². The molecule has 0 radical (unpaired) electrons. The second-order valence-corrected chi connectivity index (χ2v) is 6.87. The molecule has 3 rings (SSSR count). The molecular weight excluding hydrogens is 387 g/mol. The molecule has 3 heterocycles. The van der Waals surface area contributed by atoms with Gasteiger partial charge in [0.15, 0.2) is 17.7 Å². The Bertz CT molecular complexity index is 892. The van der Waals surface area contributed by atoms with Gasteiger partial charge in [0, 0.05) is 0 Å². The third-order valence-corrected chi connectivity index (χ3v) is 4.67. The Hall–Kier alpha value is -2.19. The highest BCUT2D eigenvalue weighted by Gasteiger charge is 2.45. The van der Waals surface area contributed by atoms with Gasteiger partial charge >= 0.3 is 13.8 Å². The molecule has 0 aliphatic carbocycles. The van der Waals surface area contributed by atoms with E-state index in [1.807, 2.05) is 0 Å². The number of aliphatic hydroxyl groups is 2. The van der Waals surface area contributed by atoms with E-state index in [0.29, 0.717) is 0 Å². The predicted molar refractivity (Wildman–Crippen MR) is 84.4 cm³/mol. The minimum Gasteiger partial charge on any atom is -0.746 e. The van der Waals surface area contributed by atoms with Gasteiger partial charge in [-0.2, -0.15) is 0 Å². The van der Waals surface area contributed by atoms with E-state index in [-0.39, 0.29) is 17.0 Å². The van der Waals surface area contributed by atoms with Crippen molar-refractivity contribution in [1.82, 2.24) is 19.5 Å². The molecule has 148 valence electrons. The number of nitrogens with zero attached hydrogens (tertiary/aromatic N) is 4. The van der Waals surface area contributed by atoms with Crippen LogP contribution >= 0.6 is 7.82 Å². The molecule has 2 aromatic rings. The summed E-state index contributed by atoms with van der Waals surface area (Å²) in [6, 6.07) is 0. The molecule has 0 amide bonds. The molecule has 1 unspecified atom stereocenters. The van der Waals surface area contributed by atoms with E-state index in [1.165, 1.54) is 17.2 Å². The van der Waals surface area contributed by atoms with Crippen LogP contribution in [0.2, 0.25) is 0 Å². The first-order valence-corrected chi connectivity index (χ1v) is 9.02. The molecule has 6 N–H and O–H groups in total. The minimum atomic E-state index is -5.00. The topological polar surface area (TPSA) is 221 Å². The van der Waals surface area contributed by atoms with Gasteiger partial charge in [0.2, 0.25) is 0 Å². The van der Waals surface area contributed by atoms with Crippen molar-refractivity contribution in [3.8, 4) is 0 Å². The van der Waals surface area contributed by atoms with Gasteiger partial charge < -0.3 is 40.4 Å². The average Bonchev–Trinajstić information content (AvgIpc) is 3.16. The quantitative estimate of drug-likeness (QED) is 0.354. The Morgan fingerprint density at radius 3 is 2.81 bits per heavy atom. The molecule has 0 saturated carbocycles. The van der Waals surface area contributed by atoms with Crippen molar-refractivity contribution >= 4 is 30.8 Å². The molecule has 0 aromatic carbocycles. The van der Waals surface area contributed by atoms with Gasteiger partial charge in [0.05, 0.1) is 19.5 Å². The summed E-state index contributed by atoms with van der Waals surface area (Å²) in [6.45, 7) is -1.37. The lowest BCUT2D eigenvalue weighted by atomic mass is 10.1. The smallest absolute Gasteiger partial charge is 0.325 e. The number of rotatable bonds is 6. The summed E-state index contributed by atoms with van der Waals surface area (Å²) in [5.41, 5.74) is 11.1. The van der Waals surface area contributed by atoms with E-state index in [4.69, 9.17) is 16.2 Å². The lowest BCUT2D eigenvalue weighted by Crippen LogP contribution is -2.34. The van der Waals surface area contributed by atoms with Crippen molar-refractivity contribution in [3.63, 3.8) is 0 Å². The fourth-order valence-corrected chi connectivity index (χ4v) is 3.21. The Labute approximate surface area is 151 Å². The maximum absolute atomic E-state index is 11.5. The zero-order valence-electron chi connectivity index (χ0n) is 13.6. The molecule has 2 aromatic heterocycles. The Morgan fingerprint density at radius 1 is 1.37 bits per heavy atom. The predicted octanol–water partition coefficient (Wildman–Crippen LogP) is -2.99. The number of imidazole rings is 1. The van der Waals surface area contributed by atoms with Crippen LogP contribution in [0.25, 0.3) is 11.2 Å². The fraction of sp³-hybridized carbons (Fsp3) is 0.500. The number of carbonyl (C=O) groups is 1. The largest absolute Gasteiger partial charge is 0.746 e. The zero-order chi connectivity index (χ0) is 19.8. The summed E-state index contributed by atoms with van der Waals surface area (Å²) >= 11 is 0. The number of fused-ring (bicyclic) bond motifs is 1. The number of phosphoric acid groups is 1. The number of ether oxygens (including phenoxy) is 1. The summed E-state index contributed by atoms with van der Waals surface area (Å²) in [4.78, 5) is 34.3. The van der Waals surface area contributed by atoms with Crippen LogP contribution in [0.15, 0.2) is 12.7 Å². The normalized spacial score (nSPS) is 27.6. The lowest BCUT2D eigenvalue weighted by molar-refractivity contribution is -0.227.